The number of aromatic nitrogens is 3. The van der Waals surface area contributed by atoms with Crippen molar-refractivity contribution in [3.63, 3.8) is 0 Å². The minimum absolute atomic E-state index is 0.0631. The summed E-state index contributed by atoms with van der Waals surface area (Å²) in [7, 11) is 3.14. The molecule has 1 heterocycles. The smallest absolute Gasteiger partial charge is 0.233 e. The molecule has 6 nitrogen and oxygen atoms in total. The monoisotopic (exact) mass is 426 g/mol. The topological polar surface area (TPSA) is 60.2 Å². The molecule has 2 aromatic carbocycles. The van der Waals surface area contributed by atoms with Gasteiger partial charge in [0.15, 0.2) is 16.7 Å². The van der Waals surface area contributed by atoms with Gasteiger partial charge in [-0.2, -0.15) is 0 Å². The number of halogens is 1. The molecule has 4 rings (SSSR count). The van der Waals surface area contributed by atoms with Gasteiger partial charge in [0.05, 0.1) is 12.9 Å². The summed E-state index contributed by atoms with van der Waals surface area (Å²) in [5.41, 5.74) is 1.71. The second-order valence-corrected chi connectivity index (χ2v) is 8.24. The average molecular weight is 427 g/mol. The fourth-order valence-corrected chi connectivity index (χ4v) is 4.11. The minimum Gasteiger partial charge on any atom is -0.494 e. The molecule has 3 aromatic rings. The van der Waals surface area contributed by atoms with Crippen molar-refractivity contribution in [2.24, 2.45) is 0 Å². The summed E-state index contributed by atoms with van der Waals surface area (Å²) < 4.78 is 20.9. The van der Waals surface area contributed by atoms with Crippen LogP contribution in [0.3, 0.4) is 0 Å². The van der Waals surface area contributed by atoms with Crippen molar-refractivity contribution in [1.82, 2.24) is 19.7 Å². The molecule has 1 fully saturated rings. The Hall–Kier alpha value is -2.87. The zero-order valence-electron chi connectivity index (χ0n) is 16.9. The number of hydrogen-bond donors (Lipinski definition) is 0. The molecule has 0 saturated heterocycles. The van der Waals surface area contributed by atoms with Crippen molar-refractivity contribution >= 4 is 17.7 Å². The van der Waals surface area contributed by atoms with E-state index >= 15 is 0 Å². The summed E-state index contributed by atoms with van der Waals surface area (Å²) in [5, 5.41) is 9.43. The van der Waals surface area contributed by atoms with Crippen molar-refractivity contribution in [1.29, 1.82) is 0 Å². The SMILES string of the molecule is COc1ccc(CN(C)C(=O)CSc2nnc(C3CC3)n2-c2ccccc2)cc1F. The number of carbonyl (C=O) groups excluding carboxylic acids is 1. The molecule has 1 saturated carbocycles. The van der Waals surface area contributed by atoms with E-state index in [-0.39, 0.29) is 17.4 Å². The van der Waals surface area contributed by atoms with Crippen LogP contribution in [0.1, 0.15) is 30.1 Å². The van der Waals surface area contributed by atoms with E-state index in [1.165, 1.54) is 24.9 Å². The maximum atomic E-state index is 13.9. The largest absolute Gasteiger partial charge is 0.494 e. The van der Waals surface area contributed by atoms with Crippen molar-refractivity contribution in [3.8, 4) is 11.4 Å². The number of methoxy groups -OCH3 is 1. The molecular formula is C22H23FN4O2S. The predicted octanol–water partition coefficient (Wildman–Crippen LogP) is 4.04. The Balaban J connectivity index is 1.43. The number of amides is 1. The maximum Gasteiger partial charge on any atom is 0.233 e. The third-order valence-electron chi connectivity index (χ3n) is 5.00. The van der Waals surface area contributed by atoms with Crippen molar-refractivity contribution in [3.05, 3.63) is 65.7 Å². The molecule has 8 heteroatoms. The Morgan fingerprint density at radius 2 is 2.00 bits per heavy atom. The van der Waals surface area contributed by atoms with E-state index in [0.29, 0.717) is 23.2 Å². The van der Waals surface area contributed by atoms with Crippen molar-refractivity contribution in [2.75, 3.05) is 19.9 Å². The molecule has 0 atom stereocenters. The molecule has 0 spiro atoms. The summed E-state index contributed by atoms with van der Waals surface area (Å²) in [6, 6.07) is 14.7. The van der Waals surface area contributed by atoms with Gasteiger partial charge in [-0.3, -0.25) is 9.36 Å². The van der Waals surface area contributed by atoms with Crippen molar-refractivity contribution in [2.45, 2.75) is 30.5 Å². The van der Waals surface area contributed by atoms with Gasteiger partial charge in [0, 0.05) is 25.2 Å². The van der Waals surface area contributed by atoms with Gasteiger partial charge >= 0.3 is 0 Å². The Morgan fingerprint density at radius 3 is 2.67 bits per heavy atom. The lowest BCUT2D eigenvalue weighted by Crippen LogP contribution is -2.28. The quantitative estimate of drug-likeness (QED) is 0.509. The van der Waals surface area contributed by atoms with Crippen LogP contribution >= 0.6 is 11.8 Å². The standard InChI is InChI=1S/C22H23FN4O2S/c1-26(13-15-8-11-19(29-2)18(23)12-15)20(28)14-30-22-25-24-21(16-9-10-16)27(22)17-6-4-3-5-7-17/h3-8,11-12,16H,9-10,13-14H2,1-2H3. The normalized spacial score (nSPS) is 13.3. The van der Waals surface area contributed by atoms with Gasteiger partial charge in [0.2, 0.25) is 5.91 Å². The number of carbonyl (C=O) groups is 1. The van der Waals surface area contributed by atoms with Gasteiger partial charge in [0.25, 0.3) is 0 Å². The lowest BCUT2D eigenvalue weighted by Gasteiger charge is -2.17. The fourth-order valence-electron chi connectivity index (χ4n) is 3.21. The van der Waals surface area contributed by atoms with Gasteiger partial charge in [-0.1, -0.05) is 36.0 Å². The first kappa shape index (κ1) is 20.4. The number of hydrogen-bond acceptors (Lipinski definition) is 5. The third-order valence-corrected chi connectivity index (χ3v) is 5.92. The van der Waals surface area contributed by atoms with Crippen LogP contribution in [0.25, 0.3) is 5.69 Å². The van der Waals surface area contributed by atoms with Crippen LogP contribution in [0.5, 0.6) is 5.75 Å². The van der Waals surface area contributed by atoms with Crippen molar-refractivity contribution < 1.29 is 13.9 Å². The van der Waals surface area contributed by atoms with E-state index in [1.54, 1.807) is 24.1 Å². The summed E-state index contributed by atoms with van der Waals surface area (Å²) in [6.45, 7) is 0.318. The molecule has 1 amide bonds. The van der Waals surface area contributed by atoms with Crippen LogP contribution in [-0.2, 0) is 11.3 Å². The maximum absolute atomic E-state index is 13.9. The van der Waals surface area contributed by atoms with E-state index in [4.69, 9.17) is 4.74 Å². The highest BCUT2D eigenvalue weighted by molar-refractivity contribution is 7.99. The van der Waals surface area contributed by atoms with E-state index in [0.717, 1.165) is 24.4 Å². The minimum atomic E-state index is -0.436. The lowest BCUT2D eigenvalue weighted by molar-refractivity contribution is -0.127. The average Bonchev–Trinajstić information content (AvgIpc) is 3.52. The van der Waals surface area contributed by atoms with Gasteiger partial charge in [-0.15, -0.1) is 10.2 Å². The highest BCUT2D eigenvalue weighted by atomic mass is 32.2. The van der Waals surface area contributed by atoms with Gasteiger partial charge in [-0.05, 0) is 42.7 Å². The second-order valence-electron chi connectivity index (χ2n) is 7.29. The summed E-state index contributed by atoms with van der Waals surface area (Å²) in [4.78, 5) is 14.2. The fraction of sp³-hybridized carbons (Fsp3) is 0.318. The van der Waals surface area contributed by atoms with E-state index in [9.17, 15) is 9.18 Å². The lowest BCUT2D eigenvalue weighted by atomic mass is 10.2. The molecule has 1 aliphatic rings. The highest BCUT2D eigenvalue weighted by Gasteiger charge is 2.31. The molecule has 0 aliphatic heterocycles. The molecule has 1 aromatic heterocycles. The molecule has 0 radical (unpaired) electrons. The first-order valence-corrected chi connectivity index (χ1v) is 10.7. The third kappa shape index (κ3) is 4.48. The van der Waals surface area contributed by atoms with E-state index < -0.39 is 5.82 Å². The number of ether oxygens (including phenoxy) is 1. The molecule has 0 unspecified atom stereocenters. The first-order chi connectivity index (χ1) is 14.6. The Labute approximate surface area is 179 Å². The second kappa shape index (κ2) is 8.87. The Bertz CT molecular complexity index is 1040. The molecule has 1 aliphatic carbocycles. The zero-order valence-corrected chi connectivity index (χ0v) is 17.7. The molecular weight excluding hydrogens is 403 g/mol. The van der Waals surface area contributed by atoms with Crippen LogP contribution in [0.2, 0.25) is 0 Å². The number of benzene rings is 2. The summed E-state index contributed by atoms with van der Waals surface area (Å²) >= 11 is 1.37. The molecule has 156 valence electrons. The summed E-state index contributed by atoms with van der Waals surface area (Å²) in [6.07, 6.45) is 2.24. The van der Waals surface area contributed by atoms with Crippen LogP contribution in [-0.4, -0.2) is 45.5 Å². The molecule has 0 N–H and O–H groups in total. The number of rotatable bonds is 8. The summed E-state index contributed by atoms with van der Waals surface area (Å²) in [5.74, 6) is 1.31. The number of thioether (sulfide) groups is 1. The van der Waals surface area contributed by atoms with Crippen LogP contribution in [0.4, 0.5) is 4.39 Å². The predicted molar refractivity (Wildman–Crippen MR) is 113 cm³/mol. The number of para-hydroxylation sites is 1. The van der Waals surface area contributed by atoms with E-state index in [1.807, 2.05) is 30.3 Å². The highest BCUT2D eigenvalue weighted by Crippen LogP contribution is 2.41. The zero-order chi connectivity index (χ0) is 21.1. The Morgan fingerprint density at radius 1 is 1.23 bits per heavy atom. The molecule has 30 heavy (non-hydrogen) atoms. The van der Waals surface area contributed by atoms with Crippen LogP contribution < -0.4 is 4.74 Å². The number of nitrogens with zero attached hydrogens (tertiary/aromatic N) is 4. The first-order valence-electron chi connectivity index (χ1n) is 9.76. The van der Waals surface area contributed by atoms with Crippen LogP contribution in [0.15, 0.2) is 53.7 Å². The van der Waals surface area contributed by atoms with Gasteiger partial charge < -0.3 is 9.64 Å². The van der Waals surface area contributed by atoms with E-state index in [2.05, 4.69) is 14.8 Å². The van der Waals surface area contributed by atoms with Crippen LogP contribution in [0, 0.1) is 5.82 Å². The Kier molecular flexibility index (Phi) is 6.03. The van der Waals surface area contributed by atoms with Gasteiger partial charge in [0.1, 0.15) is 5.82 Å². The van der Waals surface area contributed by atoms with Gasteiger partial charge in [-0.25, -0.2) is 4.39 Å². The molecule has 0 bridgehead atoms.